The highest BCUT2D eigenvalue weighted by molar-refractivity contribution is 7.13. The Kier molecular flexibility index (Phi) is 5.68. The number of aryl methyl sites for hydroxylation is 3. The molecular formula is C23H22F2N4O2S. The van der Waals surface area contributed by atoms with E-state index in [9.17, 15) is 13.6 Å². The van der Waals surface area contributed by atoms with Gasteiger partial charge < -0.3 is 9.30 Å². The number of benzene rings is 1. The monoisotopic (exact) mass is 456 g/mol. The van der Waals surface area contributed by atoms with Crippen molar-refractivity contribution in [3.8, 4) is 33.3 Å². The quantitative estimate of drug-likeness (QED) is 0.414. The summed E-state index contributed by atoms with van der Waals surface area (Å²) in [5, 5.41) is 6.83. The molecule has 0 atom stereocenters. The van der Waals surface area contributed by atoms with Crippen LogP contribution < -0.4 is 10.3 Å². The van der Waals surface area contributed by atoms with E-state index in [0.717, 1.165) is 39.6 Å². The Morgan fingerprint density at radius 1 is 1.09 bits per heavy atom. The number of rotatable bonds is 5. The topological polar surface area (TPSA) is 61.9 Å². The van der Waals surface area contributed by atoms with Gasteiger partial charge >= 0.3 is 6.61 Å². The zero-order chi connectivity index (χ0) is 23.2. The van der Waals surface area contributed by atoms with E-state index in [2.05, 4.69) is 9.84 Å². The van der Waals surface area contributed by atoms with Crippen molar-refractivity contribution in [3.63, 3.8) is 0 Å². The van der Waals surface area contributed by atoms with Gasteiger partial charge in [0.1, 0.15) is 10.8 Å². The standard InChI is InChI=1S/C23H22F2N4O2S/c1-12-10-18(15(4)29(12)16-6-8-17(9-7-16)31-23(24)25)19-11-32-21(26-19)20-13(2)14(3)27-28(5)22(20)30/h6-11,23H,1-5H3. The summed E-state index contributed by atoms with van der Waals surface area (Å²) in [5.41, 5.74) is 6.49. The molecule has 0 bridgehead atoms. The van der Waals surface area contributed by atoms with E-state index in [1.54, 1.807) is 19.2 Å². The molecule has 0 unspecified atom stereocenters. The molecule has 1 aromatic carbocycles. The zero-order valence-corrected chi connectivity index (χ0v) is 19.1. The van der Waals surface area contributed by atoms with Gasteiger partial charge in [-0.2, -0.15) is 13.9 Å². The molecule has 0 fully saturated rings. The van der Waals surface area contributed by atoms with Gasteiger partial charge in [-0.1, -0.05) is 0 Å². The predicted octanol–water partition coefficient (Wildman–Crippen LogP) is 5.20. The molecule has 0 radical (unpaired) electrons. The van der Waals surface area contributed by atoms with Crippen LogP contribution in [0, 0.1) is 27.7 Å². The molecule has 0 saturated carbocycles. The fourth-order valence-corrected chi connectivity index (χ4v) is 4.72. The summed E-state index contributed by atoms with van der Waals surface area (Å²) in [5.74, 6) is 0.111. The number of halogens is 2. The molecule has 9 heteroatoms. The summed E-state index contributed by atoms with van der Waals surface area (Å²) in [4.78, 5) is 17.5. The predicted molar refractivity (Wildman–Crippen MR) is 121 cm³/mol. The van der Waals surface area contributed by atoms with Gasteiger partial charge in [-0.15, -0.1) is 11.3 Å². The largest absolute Gasteiger partial charge is 0.435 e. The van der Waals surface area contributed by atoms with Crippen molar-refractivity contribution in [1.29, 1.82) is 0 Å². The number of hydrogen-bond donors (Lipinski definition) is 0. The van der Waals surface area contributed by atoms with Crippen LogP contribution in [-0.4, -0.2) is 25.9 Å². The first-order chi connectivity index (χ1) is 15.2. The minimum atomic E-state index is -2.86. The molecule has 0 N–H and O–H groups in total. The third kappa shape index (κ3) is 3.84. The van der Waals surface area contributed by atoms with Crippen molar-refractivity contribution in [2.24, 2.45) is 7.05 Å². The van der Waals surface area contributed by atoms with Gasteiger partial charge in [-0.25, -0.2) is 9.67 Å². The lowest BCUT2D eigenvalue weighted by Crippen LogP contribution is -2.23. The third-order valence-electron chi connectivity index (χ3n) is 5.47. The lowest BCUT2D eigenvalue weighted by Gasteiger charge is -2.11. The Bertz CT molecular complexity index is 1350. The van der Waals surface area contributed by atoms with Crippen LogP contribution in [0.5, 0.6) is 5.75 Å². The van der Waals surface area contributed by atoms with Gasteiger partial charge in [0.25, 0.3) is 5.56 Å². The first kappa shape index (κ1) is 21.9. The maximum atomic E-state index is 12.7. The Hall–Kier alpha value is -3.33. The molecule has 0 spiro atoms. The summed E-state index contributed by atoms with van der Waals surface area (Å²) < 4.78 is 32.7. The van der Waals surface area contributed by atoms with Crippen molar-refractivity contribution >= 4 is 11.3 Å². The van der Waals surface area contributed by atoms with Crippen molar-refractivity contribution in [2.75, 3.05) is 0 Å². The van der Waals surface area contributed by atoms with Crippen molar-refractivity contribution in [3.05, 3.63) is 68.7 Å². The molecule has 4 aromatic rings. The maximum absolute atomic E-state index is 12.7. The molecule has 4 rings (SSSR count). The minimum absolute atomic E-state index is 0.111. The zero-order valence-electron chi connectivity index (χ0n) is 18.3. The number of ether oxygens (including phenoxy) is 1. The van der Waals surface area contributed by atoms with Gasteiger partial charge in [-0.05, 0) is 63.6 Å². The average Bonchev–Trinajstić information content (AvgIpc) is 3.32. The van der Waals surface area contributed by atoms with Gasteiger partial charge in [0.15, 0.2) is 0 Å². The molecule has 0 aliphatic carbocycles. The van der Waals surface area contributed by atoms with E-state index in [1.165, 1.54) is 28.2 Å². The molecule has 3 aromatic heterocycles. The molecule has 0 aliphatic heterocycles. The van der Waals surface area contributed by atoms with Crippen LogP contribution in [0.3, 0.4) is 0 Å². The second kappa shape index (κ2) is 8.31. The summed E-state index contributed by atoms with van der Waals surface area (Å²) in [6.45, 7) is 4.85. The summed E-state index contributed by atoms with van der Waals surface area (Å²) >= 11 is 1.42. The Morgan fingerprint density at radius 3 is 2.44 bits per heavy atom. The number of thiazole rings is 1. The van der Waals surface area contributed by atoms with Crippen molar-refractivity contribution in [1.82, 2.24) is 19.3 Å². The maximum Gasteiger partial charge on any atom is 0.387 e. The summed E-state index contributed by atoms with van der Waals surface area (Å²) in [6.07, 6.45) is 0. The number of nitrogens with zero attached hydrogens (tertiary/aromatic N) is 4. The van der Waals surface area contributed by atoms with E-state index in [0.29, 0.717) is 10.6 Å². The lowest BCUT2D eigenvalue weighted by atomic mass is 10.1. The normalized spacial score (nSPS) is 11.4. The fourth-order valence-electron chi connectivity index (χ4n) is 3.81. The number of alkyl halides is 2. The van der Waals surface area contributed by atoms with Gasteiger partial charge in [0, 0.05) is 35.1 Å². The average molecular weight is 457 g/mol. The number of aromatic nitrogens is 4. The van der Waals surface area contributed by atoms with Gasteiger partial charge in [0.05, 0.1) is 17.0 Å². The van der Waals surface area contributed by atoms with Crippen molar-refractivity contribution in [2.45, 2.75) is 34.3 Å². The highest BCUT2D eigenvalue weighted by Gasteiger charge is 2.19. The Labute approximate surface area is 187 Å². The van der Waals surface area contributed by atoms with Gasteiger partial charge in [0.2, 0.25) is 0 Å². The highest BCUT2D eigenvalue weighted by Crippen LogP contribution is 2.34. The van der Waals surface area contributed by atoms with Crippen molar-refractivity contribution < 1.29 is 13.5 Å². The van der Waals surface area contributed by atoms with Crippen LogP contribution in [0.1, 0.15) is 22.6 Å². The lowest BCUT2D eigenvalue weighted by molar-refractivity contribution is -0.0498. The van der Waals surface area contributed by atoms with Crippen LogP contribution in [0.25, 0.3) is 27.5 Å². The van der Waals surface area contributed by atoms with E-state index in [-0.39, 0.29) is 11.3 Å². The van der Waals surface area contributed by atoms with E-state index < -0.39 is 6.61 Å². The van der Waals surface area contributed by atoms with E-state index >= 15 is 0 Å². The smallest absolute Gasteiger partial charge is 0.387 e. The molecule has 0 aliphatic rings. The molecule has 32 heavy (non-hydrogen) atoms. The number of hydrogen-bond acceptors (Lipinski definition) is 5. The molecular weight excluding hydrogens is 434 g/mol. The molecule has 3 heterocycles. The van der Waals surface area contributed by atoms with Crippen LogP contribution >= 0.6 is 11.3 Å². The van der Waals surface area contributed by atoms with Crippen LogP contribution in [-0.2, 0) is 7.05 Å². The SMILES string of the molecule is Cc1nn(C)c(=O)c(-c2nc(-c3cc(C)n(-c4ccc(OC(F)F)cc4)c3C)cs2)c1C. The second-order valence-electron chi connectivity index (χ2n) is 7.54. The summed E-state index contributed by atoms with van der Waals surface area (Å²) in [6, 6.07) is 8.54. The van der Waals surface area contributed by atoms with E-state index in [1.807, 2.05) is 43.7 Å². The molecule has 166 valence electrons. The first-order valence-electron chi connectivity index (χ1n) is 9.92. The van der Waals surface area contributed by atoms with Crippen LogP contribution in [0.15, 0.2) is 40.5 Å². The first-order valence-corrected chi connectivity index (χ1v) is 10.8. The Balaban J connectivity index is 1.74. The molecule has 0 saturated heterocycles. The summed E-state index contributed by atoms with van der Waals surface area (Å²) in [7, 11) is 1.64. The van der Waals surface area contributed by atoms with Crippen LogP contribution in [0.4, 0.5) is 8.78 Å². The fraction of sp³-hybridized carbons (Fsp3) is 0.261. The highest BCUT2D eigenvalue weighted by atomic mass is 32.1. The van der Waals surface area contributed by atoms with Crippen LogP contribution in [0.2, 0.25) is 0 Å². The van der Waals surface area contributed by atoms with E-state index in [4.69, 9.17) is 4.98 Å². The molecule has 0 amide bonds. The third-order valence-corrected chi connectivity index (χ3v) is 6.33. The Morgan fingerprint density at radius 2 is 1.78 bits per heavy atom. The second-order valence-corrected chi connectivity index (χ2v) is 8.40. The van der Waals surface area contributed by atoms with Gasteiger partial charge in [-0.3, -0.25) is 4.79 Å². The minimum Gasteiger partial charge on any atom is -0.435 e. The molecule has 6 nitrogen and oxygen atoms in total.